The Kier molecular flexibility index (Phi) is 7.00. The zero-order chi connectivity index (χ0) is 13.0. The van der Waals surface area contributed by atoms with Crippen molar-refractivity contribution in [2.24, 2.45) is 0 Å². The van der Waals surface area contributed by atoms with E-state index in [-0.39, 0.29) is 24.9 Å². The first kappa shape index (κ1) is 16.6. The molecule has 0 radical (unpaired) electrons. The molecular weight excluding hydrogens is 293 g/mol. The minimum atomic E-state index is -2.32. The lowest BCUT2D eigenvalue weighted by molar-refractivity contribution is 0.0739. The lowest BCUT2D eigenvalue weighted by Crippen LogP contribution is -2.45. The maximum atomic E-state index is 12.8. The van der Waals surface area contributed by atoms with Crippen LogP contribution < -0.4 is 5.32 Å². The van der Waals surface area contributed by atoms with E-state index in [4.69, 9.17) is 11.6 Å². The summed E-state index contributed by atoms with van der Waals surface area (Å²) in [5.74, 6) is 0. The molecule has 1 aliphatic heterocycles. The van der Waals surface area contributed by atoms with Crippen molar-refractivity contribution in [1.29, 1.82) is 0 Å². The standard InChI is InChI=1S/C13H17ClF2N2.ClH/c14-11-4-2-1-3-10(11)12(9-13(15)16)18-7-5-17-6-8-18;/h1-4,12-13,17H,5-9H2;1H/t12-;/m1./s1. The Hall–Kier alpha value is -0.420. The molecule has 0 spiro atoms. The van der Waals surface area contributed by atoms with Crippen LogP contribution in [-0.4, -0.2) is 37.5 Å². The van der Waals surface area contributed by atoms with Gasteiger partial charge in [-0.3, -0.25) is 4.90 Å². The van der Waals surface area contributed by atoms with Crippen molar-refractivity contribution in [2.45, 2.75) is 18.9 Å². The topological polar surface area (TPSA) is 15.3 Å². The van der Waals surface area contributed by atoms with Crippen LogP contribution in [0.25, 0.3) is 0 Å². The maximum absolute atomic E-state index is 12.8. The number of alkyl halides is 2. The number of piperazine rings is 1. The van der Waals surface area contributed by atoms with E-state index >= 15 is 0 Å². The van der Waals surface area contributed by atoms with Gasteiger partial charge in [-0.1, -0.05) is 29.8 Å². The molecule has 0 unspecified atom stereocenters. The number of benzene rings is 1. The van der Waals surface area contributed by atoms with Crippen LogP contribution in [-0.2, 0) is 0 Å². The minimum Gasteiger partial charge on any atom is -0.314 e. The van der Waals surface area contributed by atoms with E-state index in [2.05, 4.69) is 10.2 Å². The van der Waals surface area contributed by atoms with E-state index in [9.17, 15) is 8.78 Å². The normalized spacial score (nSPS) is 18.1. The molecule has 0 saturated carbocycles. The molecule has 19 heavy (non-hydrogen) atoms. The summed E-state index contributed by atoms with van der Waals surface area (Å²) in [7, 11) is 0. The van der Waals surface area contributed by atoms with Gasteiger partial charge in [-0.25, -0.2) is 8.78 Å². The van der Waals surface area contributed by atoms with E-state index in [1.807, 2.05) is 18.2 Å². The van der Waals surface area contributed by atoms with Crippen LogP contribution in [0.4, 0.5) is 8.78 Å². The highest BCUT2D eigenvalue weighted by Gasteiger charge is 2.26. The van der Waals surface area contributed by atoms with Gasteiger partial charge in [0.15, 0.2) is 0 Å². The SMILES string of the molecule is Cl.FC(F)C[C@H](c1ccccc1Cl)N1CCNCC1. The van der Waals surface area contributed by atoms with Crippen molar-refractivity contribution in [3.8, 4) is 0 Å². The summed E-state index contributed by atoms with van der Waals surface area (Å²) < 4.78 is 25.5. The molecule has 0 bridgehead atoms. The third kappa shape index (κ3) is 4.56. The minimum absolute atomic E-state index is 0. The molecule has 0 aliphatic carbocycles. The van der Waals surface area contributed by atoms with Crippen molar-refractivity contribution >= 4 is 24.0 Å². The molecular formula is C13H18Cl2F2N2. The summed E-state index contributed by atoms with van der Waals surface area (Å²) in [6.07, 6.45) is -2.48. The second-order valence-electron chi connectivity index (χ2n) is 4.45. The lowest BCUT2D eigenvalue weighted by Gasteiger charge is -2.35. The van der Waals surface area contributed by atoms with Crippen LogP contribution >= 0.6 is 24.0 Å². The predicted molar refractivity (Wildman–Crippen MR) is 76.5 cm³/mol. The molecule has 1 N–H and O–H groups in total. The Morgan fingerprint density at radius 1 is 1.21 bits per heavy atom. The van der Waals surface area contributed by atoms with Crippen molar-refractivity contribution < 1.29 is 8.78 Å². The largest absolute Gasteiger partial charge is 0.314 e. The van der Waals surface area contributed by atoms with Crippen molar-refractivity contribution in [3.63, 3.8) is 0 Å². The van der Waals surface area contributed by atoms with E-state index in [1.54, 1.807) is 6.07 Å². The fourth-order valence-electron chi connectivity index (χ4n) is 2.38. The highest BCUT2D eigenvalue weighted by Crippen LogP contribution is 2.32. The van der Waals surface area contributed by atoms with E-state index in [0.29, 0.717) is 5.02 Å². The Labute approximate surface area is 123 Å². The molecule has 1 aromatic carbocycles. The summed E-state index contributed by atoms with van der Waals surface area (Å²) in [5, 5.41) is 3.80. The van der Waals surface area contributed by atoms with Gasteiger partial charge in [-0.15, -0.1) is 12.4 Å². The summed E-state index contributed by atoms with van der Waals surface area (Å²) in [5.41, 5.74) is 0.807. The van der Waals surface area contributed by atoms with Gasteiger partial charge in [0.05, 0.1) is 0 Å². The highest BCUT2D eigenvalue weighted by molar-refractivity contribution is 6.31. The molecule has 0 aromatic heterocycles. The second-order valence-corrected chi connectivity index (χ2v) is 4.86. The third-order valence-corrected chi connectivity index (χ3v) is 3.60. The van der Waals surface area contributed by atoms with E-state index in [1.165, 1.54) is 0 Å². The fourth-order valence-corrected chi connectivity index (χ4v) is 2.64. The number of rotatable bonds is 4. The molecule has 1 atom stereocenters. The highest BCUT2D eigenvalue weighted by atomic mass is 35.5. The molecule has 2 nitrogen and oxygen atoms in total. The second kappa shape index (κ2) is 8.00. The van der Waals surface area contributed by atoms with Crippen LogP contribution in [0.5, 0.6) is 0 Å². The molecule has 1 fully saturated rings. The monoisotopic (exact) mass is 310 g/mol. The maximum Gasteiger partial charge on any atom is 0.240 e. The summed E-state index contributed by atoms with van der Waals surface area (Å²) in [4.78, 5) is 2.09. The summed E-state index contributed by atoms with van der Waals surface area (Å²) in [6, 6.07) is 6.99. The van der Waals surface area contributed by atoms with Crippen LogP contribution in [0.3, 0.4) is 0 Å². The molecule has 0 amide bonds. The number of nitrogens with one attached hydrogen (secondary N) is 1. The number of nitrogens with zero attached hydrogens (tertiary/aromatic N) is 1. The molecule has 1 aliphatic rings. The molecule has 108 valence electrons. The number of hydrogen-bond donors (Lipinski definition) is 1. The summed E-state index contributed by atoms with van der Waals surface area (Å²) >= 11 is 6.13. The molecule has 2 rings (SSSR count). The van der Waals surface area contributed by atoms with Gasteiger partial charge in [0.25, 0.3) is 0 Å². The van der Waals surface area contributed by atoms with Crippen LogP contribution in [0.15, 0.2) is 24.3 Å². The van der Waals surface area contributed by atoms with Crippen LogP contribution in [0.2, 0.25) is 5.02 Å². The Bertz CT molecular complexity index is 385. The number of hydrogen-bond acceptors (Lipinski definition) is 2. The fraction of sp³-hybridized carbons (Fsp3) is 0.538. The van der Waals surface area contributed by atoms with Crippen molar-refractivity contribution in [3.05, 3.63) is 34.9 Å². The first-order valence-electron chi connectivity index (χ1n) is 6.16. The van der Waals surface area contributed by atoms with Gasteiger partial charge in [-0.2, -0.15) is 0 Å². The van der Waals surface area contributed by atoms with E-state index in [0.717, 1.165) is 31.7 Å². The van der Waals surface area contributed by atoms with Gasteiger partial charge in [-0.05, 0) is 11.6 Å². The molecule has 6 heteroatoms. The third-order valence-electron chi connectivity index (χ3n) is 3.26. The zero-order valence-electron chi connectivity index (χ0n) is 10.5. The Morgan fingerprint density at radius 3 is 2.42 bits per heavy atom. The first-order valence-corrected chi connectivity index (χ1v) is 6.53. The Balaban J connectivity index is 0.00000180. The van der Waals surface area contributed by atoms with Gasteiger partial charge in [0.1, 0.15) is 0 Å². The average Bonchev–Trinajstić information content (AvgIpc) is 2.38. The van der Waals surface area contributed by atoms with Crippen LogP contribution in [0.1, 0.15) is 18.0 Å². The lowest BCUT2D eigenvalue weighted by atomic mass is 10.0. The average molecular weight is 311 g/mol. The summed E-state index contributed by atoms with van der Waals surface area (Å²) in [6.45, 7) is 3.24. The Morgan fingerprint density at radius 2 is 1.84 bits per heavy atom. The smallest absolute Gasteiger partial charge is 0.240 e. The molecule has 1 aromatic rings. The molecule has 1 saturated heterocycles. The molecule has 1 heterocycles. The first-order chi connectivity index (χ1) is 8.68. The number of halogens is 4. The van der Waals surface area contributed by atoms with Gasteiger partial charge in [0.2, 0.25) is 6.43 Å². The predicted octanol–water partition coefficient (Wildman–Crippen LogP) is 3.36. The van der Waals surface area contributed by atoms with Gasteiger partial charge >= 0.3 is 0 Å². The van der Waals surface area contributed by atoms with Crippen LogP contribution in [0, 0.1) is 0 Å². The van der Waals surface area contributed by atoms with Gasteiger partial charge < -0.3 is 5.32 Å². The quantitative estimate of drug-likeness (QED) is 0.917. The van der Waals surface area contributed by atoms with Crippen molar-refractivity contribution in [1.82, 2.24) is 10.2 Å². The van der Waals surface area contributed by atoms with E-state index < -0.39 is 6.43 Å². The zero-order valence-corrected chi connectivity index (χ0v) is 12.1. The van der Waals surface area contributed by atoms with Gasteiger partial charge in [0, 0.05) is 43.7 Å². The van der Waals surface area contributed by atoms with Crippen molar-refractivity contribution in [2.75, 3.05) is 26.2 Å².